The molecule has 0 spiro atoms. The molecule has 0 aromatic carbocycles. The molecule has 1 aromatic heterocycles. The van der Waals surface area contributed by atoms with E-state index in [1.165, 1.54) is 12.8 Å². The van der Waals surface area contributed by atoms with Gasteiger partial charge in [-0.05, 0) is 37.8 Å². The number of aromatic nitrogens is 1. The number of pyridine rings is 1. The van der Waals surface area contributed by atoms with Gasteiger partial charge in [0.15, 0.2) is 5.96 Å². The highest BCUT2D eigenvalue weighted by Crippen LogP contribution is 2.15. The highest BCUT2D eigenvalue weighted by molar-refractivity contribution is 14.0. The summed E-state index contributed by atoms with van der Waals surface area (Å²) in [5.41, 5.74) is 0.889. The van der Waals surface area contributed by atoms with E-state index in [2.05, 4.69) is 32.4 Å². The lowest BCUT2D eigenvalue weighted by atomic mass is 10.0. The fourth-order valence-corrected chi connectivity index (χ4v) is 2.82. The van der Waals surface area contributed by atoms with Crippen molar-refractivity contribution in [3.63, 3.8) is 0 Å². The molecule has 1 aliphatic heterocycles. The Morgan fingerprint density at radius 1 is 1.46 bits per heavy atom. The molecule has 1 amide bonds. The summed E-state index contributed by atoms with van der Waals surface area (Å²) in [6.07, 6.45) is 2.86. The Labute approximate surface area is 161 Å². The minimum Gasteiger partial charge on any atom is -0.356 e. The highest BCUT2D eigenvalue weighted by atomic mass is 127. The lowest BCUT2D eigenvalue weighted by Gasteiger charge is -2.33. The maximum Gasteiger partial charge on any atom is 0.227 e. The molecule has 0 radical (unpaired) electrons. The summed E-state index contributed by atoms with van der Waals surface area (Å²) in [6.45, 7) is 6.79. The maximum atomic E-state index is 12.0. The minimum atomic E-state index is -0.0435. The van der Waals surface area contributed by atoms with Crippen LogP contribution in [0.25, 0.3) is 0 Å². The molecule has 1 aromatic rings. The van der Waals surface area contributed by atoms with Crippen molar-refractivity contribution in [1.82, 2.24) is 15.2 Å². The summed E-state index contributed by atoms with van der Waals surface area (Å²) in [6, 6.07) is 5.59. The topological polar surface area (TPSA) is 69.6 Å². The third-order valence-corrected chi connectivity index (χ3v) is 3.96. The fourth-order valence-electron chi connectivity index (χ4n) is 2.82. The number of aliphatic imine (C=N–C) groups is 1. The van der Waals surface area contributed by atoms with Crippen LogP contribution in [-0.4, -0.2) is 48.4 Å². The fraction of sp³-hybridized carbons (Fsp3) is 0.588. The molecule has 0 bridgehead atoms. The number of anilines is 1. The number of aryl methyl sites for hydroxylation is 1. The van der Waals surface area contributed by atoms with Gasteiger partial charge >= 0.3 is 0 Å². The first-order valence-corrected chi connectivity index (χ1v) is 8.27. The van der Waals surface area contributed by atoms with Crippen molar-refractivity contribution in [1.29, 1.82) is 0 Å². The lowest BCUT2D eigenvalue weighted by Crippen LogP contribution is -2.46. The van der Waals surface area contributed by atoms with Gasteiger partial charge in [0, 0.05) is 38.8 Å². The van der Waals surface area contributed by atoms with Crippen LogP contribution in [0.5, 0.6) is 0 Å². The van der Waals surface area contributed by atoms with Crippen LogP contribution >= 0.6 is 24.0 Å². The highest BCUT2D eigenvalue weighted by Gasteiger charge is 2.19. The summed E-state index contributed by atoms with van der Waals surface area (Å²) in [5, 5.41) is 6.10. The number of nitrogens with zero attached hydrogens (tertiary/aromatic N) is 3. The van der Waals surface area contributed by atoms with Crippen molar-refractivity contribution in [2.24, 2.45) is 10.9 Å². The summed E-state index contributed by atoms with van der Waals surface area (Å²) in [7, 11) is 1.79. The van der Waals surface area contributed by atoms with Gasteiger partial charge in [0.1, 0.15) is 5.82 Å². The second kappa shape index (κ2) is 10.5. The molecule has 1 atom stereocenters. The molecule has 0 aliphatic carbocycles. The van der Waals surface area contributed by atoms with Crippen molar-refractivity contribution in [3.05, 3.63) is 23.9 Å². The SMILES string of the molecule is CN=C(NCCC(=O)Nc1cccc(C)n1)N1CCCC(C)C1.I. The average molecular weight is 445 g/mol. The van der Waals surface area contributed by atoms with Crippen molar-refractivity contribution in [2.75, 3.05) is 32.0 Å². The van der Waals surface area contributed by atoms with Gasteiger partial charge in [0.25, 0.3) is 0 Å². The molecule has 134 valence electrons. The molecule has 1 fully saturated rings. The Hall–Kier alpha value is -1.38. The van der Waals surface area contributed by atoms with Gasteiger partial charge in [-0.15, -0.1) is 24.0 Å². The van der Waals surface area contributed by atoms with Crippen molar-refractivity contribution >= 4 is 41.7 Å². The first-order valence-electron chi connectivity index (χ1n) is 8.27. The number of carbonyl (C=O) groups is 1. The number of amides is 1. The largest absolute Gasteiger partial charge is 0.356 e. The van der Waals surface area contributed by atoms with Gasteiger partial charge < -0.3 is 15.5 Å². The maximum absolute atomic E-state index is 12.0. The van der Waals surface area contributed by atoms with Crippen LogP contribution in [0.4, 0.5) is 5.82 Å². The summed E-state index contributed by atoms with van der Waals surface area (Å²) in [4.78, 5) is 22.8. The zero-order valence-electron chi connectivity index (χ0n) is 14.7. The molecule has 0 saturated carbocycles. The molecule has 6 nitrogen and oxygen atoms in total. The molecule has 2 rings (SSSR count). The van der Waals surface area contributed by atoms with Crippen LogP contribution in [0.3, 0.4) is 0 Å². The summed E-state index contributed by atoms with van der Waals surface area (Å²) in [5.74, 6) is 2.14. The molecule has 1 aliphatic rings. The molecular formula is C17H28IN5O. The van der Waals surface area contributed by atoms with E-state index in [4.69, 9.17) is 0 Å². The normalized spacial score (nSPS) is 17.9. The molecule has 7 heteroatoms. The van der Waals surface area contributed by atoms with Gasteiger partial charge in [-0.1, -0.05) is 13.0 Å². The number of piperidine rings is 1. The molecule has 1 saturated heterocycles. The number of halogens is 1. The first kappa shape index (κ1) is 20.7. The van der Waals surface area contributed by atoms with E-state index in [0.29, 0.717) is 24.7 Å². The van der Waals surface area contributed by atoms with Crippen LogP contribution < -0.4 is 10.6 Å². The van der Waals surface area contributed by atoms with E-state index in [-0.39, 0.29) is 29.9 Å². The third kappa shape index (κ3) is 6.62. The van der Waals surface area contributed by atoms with Gasteiger partial charge in [-0.25, -0.2) is 4.98 Å². The van der Waals surface area contributed by atoms with Crippen molar-refractivity contribution < 1.29 is 4.79 Å². The van der Waals surface area contributed by atoms with Crippen LogP contribution in [0.15, 0.2) is 23.2 Å². The molecule has 2 N–H and O–H groups in total. The second-order valence-electron chi connectivity index (χ2n) is 6.13. The second-order valence-corrected chi connectivity index (χ2v) is 6.13. The van der Waals surface area contributed by atoms with Gasteiger partial charge in [-0.2, -0.15) is 0 Å². The van der Waals surface area contributed by atoms with Gasteiger partial charge in [-0.3, -0.25) is 9.79 Å². The van der Waals surface area contributed by atoms with Crippen LogP contribution in [-0.2, 0) is 4.79 Å². The number of hydrogen-bond acceptors (Lipinski definition) is 3. The van der Waals surface area contributed by atoms with E-state index in [9.17, 15) is 4.79 Å². The average Bonchev–Trinajstić information content (AvgIpc) is 2.51. The zero-order valence-corrected chi connectivity index (χ0v) is 17.0. The quantitative estimate of drug-likeness (QED) is 0.425. The molecule has 2 heterocycles. The Morgan fingerprint density at radius 2 is 2.25 bits per heavy atom. The Morgan fingerprint density at radius 3 is 2.92 bits per heavy atom. The monoisotopic (exact) mass is 445 g/mol. The zero-order chi connectivity index (χ0) is 16.7. The third-order valence-electron chi connectivity index (χ3n) is 3.96. The predicted molar refractivity (Wildman–Crippen MR) is 109 cm³/mol. The minimum absolute atomic E-state index is 0. The van der Waals surface area contributed by atoms with Crippen LogP contribution in [0.2, 0.25) is 0 Å². The Balaban J connectivity index is 0.00000288. The number of nitrogens with one attached hydrogen (secondary N) is 2. The van der Waals surface area contributed by atoms with Gasteiger partial charge in [0.05, 0.1) is 0 Å². The number of carbonyl (C=O) groups excluding carboxylic acids is 1. The lowest BCUT2D eigenvalue weighted by molar-refractivity contribution is -0.116. The standard InChI is InChI=1S/C17H27N5O.HI/c1-13-6-5-11-22(12-13)17(18-3)19-10-9-16(23)21-15-8-4-7-14(2)20-15;/h4,7-8,13H,5-6,9-12H2,1-3H3,(H,18,19)(H,20,21,23);1H. The Kier molecular flexibility index (Phi) is 9.02. The molecular weight excluding hydrogens is 417 g/mol. The number of guanidine groups is 1. The van der Waals surface area contributed by atoms with Crippen LogP contribution in [0, 0.1) is 12.8 Å². The Bertz CT molecular complexity index is 564. The van der Waals surface area contributed by atoms with Crippen molar-refractivity contribution in [3.8, 4) is 0 Å². The van der Waals surface area contributed by atoms with E-state index in [0.717, 1.165) is 24.7 Å². The van der Waals surface area contributed by atoms with Crippen molar-refractivity contribution in [2.45, 2.75) is 33.1 Å². The first-order chi connectivity index (χ1) is 11.1. The molecule has 24 heavy (non-hydrogen) atoms. The number of likely N-dealkylation sites (tertiary alicyclic amines) is 1. The summed E-state index contributed by atoms with van der Waals surface area (Å²) < 4.78 is 0. The van der Waals surface area contributed by atoms with E-state index < -0.39 is 0 Å². The smallest absolute Gasteiger partial charge is 0.227 e. The number of rotatable bonds is 4. The van der Waals surface area contributed by atoms with Gasteiger partial charge in [0.2, 0.25) is 5.91 Å². The molecule has 1 unspecified atom stereocenters. The van der Waals surface area contributed by atoms with E-state index in [1.54, 1.807) is 13.1 Å². The summed E-state index contributed by atoms with van der Waals surface area (Å²) >= 11 is 0. The van der Waals surface area contributed by atoms with Crippen LogP contribution in [0.1, 0.15) is 31.9 Å². The van der Waals surface area contributed by atoms with E-state index >= 15 is 0 Å². The predicted octanol–water partition coefficient (Wildman–Crippen LogP) is 2.64. The number of hydrogen-bond donors (Lipinski definition) is 2. The van der Waals surface area contributed by atoms with E-state index in [1.807, 2.05) is 19.1 Å².